The SMILES string of the molecule is Cc1cc(Oc2ccc3cc(C(C)(C)C)cc(O)c3n2)cc(C2=N[C@@H](C(c3ccccc3)c3ccccc3)CN2c2c(C)c(C)cc(C)c2C)c1. The Hall–Kier alpha value is -5.42. The minimum atomic E-state index is -0.0922. The van der Waals surface area contributed by atoms with E-state index in [-0.39, 0.29) is 23.1 Å². The highest BCUT2D eigenvalue weighted by Gasteiger charge is 2.36. The van der Waals surface area contributed by atoms with Crippen LogP contribution >= 0.6 is 0 Å². The van der Waals surface area contributed by atoms with Crippen LogP contribution in [0, 0.1) is 34.6 Å². The smallest absolute Gasteiger partial charge is 0.219 e. The van der Waals surface area contributed by atoms with Crippen molar-refractivity contribution in [1.29, 1.82) is 0 Å². The summed E-state index contributed by atoms with van der Waals surface area (Å²) in [4.78, 5) is 12.8. The van der Waals surface area contributed by atoms with Crippen LogP contribution in [-0.4, -0.2) is 28.5 Å². The molecule has 0 aliphatic carbocycles. The molecule has 0 radical (unpaired) electrons. The summed E-state index contributed by atoms with van der Waals surface area (Å²) in [5.74, 6) is 2.26. The van der Waals surface area contributed by atoms with Gasteiger partial charge in [0.1, 0.15) is 22.9 Å². The largest absolute Gasteiger partial charge is 0.506 e. The molecule has 2 heterocycles. The maximum Gasteiger partial charge on any atom is 0.219 e. The molecule has 1 aliphatic rings. The second kappa shape index (κ2) is 13.4. The number of hydrogen-bond donors (Lipinski definition) is 1. The summed E-state index contributed by atoms with van der Waals surface area (Å²) in [5.41, 5.74) is 12.3. The molecule has 6 aromatic rings. The number of nitrogens with zero attached hydrogens (tertiary/aromatic N) is 3. The van der Waals surface area contributed by atoms with Crippen molar-refractivity contribution >= 4 is 22.4 Å². The highest BCUT2D eigenvalue weighted by Crippen LogP contribution is 2.40. The molecule has 5 aromatic carbocycles. The average Bonchev–Trinajstić information content (AvgIpc) is 3.52. The molecule has 51 heavy (non-hydrogen) atoms. The van der Waals surface area contributed by atoms with Gasteiger partial charge in [-0.05, 0) is 121 Å². The molecule has 5 heteroatoms. The number of rotatable bonds is 7. The number of aromatic hydroxyl groups is 1. The van der Waals surface area contributed by atoms with E-state index in [0.29, 0.717) is 17.1 Å². The number of aliphatic imine (C=N–C) groups is 1. The molecule has 0 spiro atoms. The minimum absolute atomic E-state index is 0.0302. The quantitative estimate of drug-likeness (QED) is 0.183. The van der Waals surface area contributed by atoms with Gasteiger partial charge in [0.2, 0.25) is 5.88 Å². The lowest BCUT2D eigenvalue weighted by Gasteiger charge is -2.29. The maximum absolute atomic E-state index is 11.0. The zero-order valence-corrected chi connectivity index (χ0v) is 31.0. The number of amidine groups is 1. The van der Waals surface area contributed by atoms with Crippen LogP contribution in [0.25, 0.3) is 10.9 Å². The zero-order valence-electron chi connectivity index (χ0n) is 31.0. The number of phenolic OH excluding ortho intramolecular Hbond substituents is 1. The van der Waals surface area contributed by atoms with Crippen molar-refractivity contribution in [2.45, 2.75) is 72.8 Å². The molecule has 7 rings (SSSR count). The van der Waals surface area contributed by atoms with Gasteiger partial charge in [-0.2, -0.15) is 0 Å². The van der Waals surface area contributed by atoms with E-state index in [1.54, 1.807) is 0 Å². The Morgan fingerprint density at radius 2 is 1.37 bits per heavy atom. The highest BCUT2D eigenvalue weighted by molar-refractivity contribution is 6.12. The van der Waals surface area contributed by atoms with Crippen LogP contribution in [0.3, 0.4) is 0 Å². The summed E-state index contributed by atoms with van der Waals surface area (Å²) in [7, 11) is 0. The van der Waals surface area contributed by atoms with Crippen molar-refractivity contribution in [3.05, 3.63) is 159 Å². The number of hydrogen-bond acceptors (Lipinski definition) is 5. The summed E-state index contributed by atoms with van der Waals surface area (Å²) in [6.45, 7) is 18.1. The van der Waals surface area contributed by atoms with E-state index in [2.05, 4.69) is 145 Å². The number of anilines is 1. The molecule has 5 nitrogen and oxygen atoms in total. The van der Waals surface area contributed by atoms with Gasteiger partial charge in [0, 0.05) is 35.2 Å². The normalized spacial score (nSPS) is 14.7. The summed E-state index contributed by atoms with van der Waals surface area (Å²) in [6.07, 6.45) is 0. The number of ether oxygens (including phenoxy) is 1. The van der Waals surface area contributed by atoms with Crippen LogP contribution in [0.15, 0.2) is 114 Å². The van der Waals surface area contributed by atoms with E-state index >= 15 is 0 Å². The molecule has 1 atom stereocenters. The number of pyridine rings is 1. The van der Waals surface area contributed by atoms with Gasteiger partial charge in [-0.1, -0.05) is 87.5 Å². The first-order chi connectivity index (χ1) is 24.4. The van der Waals surface area contributed by atoms with Crippen LogP contribution in [0.1, 0.15) is 76.8 Å². The molecule has 0 bridgehead atoms. The van der Waals surface area contributed by atoms with E-state index < -0.39 is 0 Å². The predicted molar refractivity (Wildman–Crippen MR) is 211 cm³/mol. The van der Waals surface area contributed by atoms with Gasteiger partial charge in [0.15, 0.2) is 0 Å². The van der Waals surface area contributed by atoms with E-state index in [9.17, 15) is 5.11 Å². The molecule has 1 aliphatic heterocycles. The van der Waals surface area contributed by atoms with Crippen molar-refractivity contribution in [2.24, 2.45) is 4.99 Å². The summed E-state index contributed by atoms with van der Waals surface area (Å²) < 4.78 is 6.46. The molecule has 258 valence electrons. The number of phenols is 1. The molecule has 0 saturated carbocycles. The lowest BCUT2D eigenvalue weighted by atomic mass is 9.85. The number of aryl methyl sites for hydroxylation is 3. The van der Waals surface area contributed by atoms with E-state index in [4.69, 9.17) is 14.7 Å². The number of aromatic nitrogens is 1. The summed E-state index contributed by atoms with van der Waals surface area (Å²) in [5, 5.41) is 11.8. The van der Waals surface area contributed by atoms with E-state index in [1.165, 1.54) is 39.1 Å². The van der Waals surface area contributed by atoms with Crippen molar-refractivity contribution in [1.82, 2.24) is 4.98 Å². The lowest BCUT2D eigenvalue weighted by Crippen LogP contribution is -2.33. The Bertz CT molecular complexity index is 2200. The monoisotopic (exact) mass is 673 g/mol. The number of fused-ring (bicyclic) bond motifs is 1. The molecule has 0 fully saturated rings. The van der Waals surface area contributed by atoms with Gasteiger partial charge in [0.05, 0.1) is 6.04 Å². The van der Waals surface area contributed by atoms with Crippen LogP contribution in [-0.2, 0) is 5.41 Å². The number of benzene rings is 5. The van der Waals surface area contributed by atoms with Crippen molar-refractivity contribution in [3.8, 4) is 17.4 Å². The molecular formula is C46H47N3O2. The zero-order chi connectivity index (χ0) is 36.0. The van der Waals surface area contributed by atoms with E-state index in [1.807, 2.05) is 24.3 Å². The van der Waals surface area contributed by atoms with Crippen molar-refractivity contribution in [3.63, 3.8) is 0 Å². The molecule has 0 unspecified atom stereocenters. The Balaban J connectivity index is 1.33. The van der Waals surface area contributed by atoms with Crippen LogP contribution < -0.4 is 9.64 Å². The van der Waals surface area contributed by atoms with Crippen LogP contribution in [0.5, 0.6) is 17.4 Å². The first kappa shape index (κ1) is 34.0. The van der Waals surface area contributed by atoms with Crippen molar-refractivity contribution in [2.75, 3.05) is 11.4 Å². The fourth-order valence-electron chi connectivity index (χ4n) is 7.45. The highest BCUT2D eigenvalue weighted by atomic mass is 16.5. The summed E-state index contributed by atoms with van der Waals surface area (Å²) in [6, 6.07) is 37.8. The first-order valence-electron chi connectivity index (χ1n) is 17.8. The Morgan fingerprint density at radius 1 is 0.745 bits per heavy atom. The summed E-state index contributed by atoms with van der Waals surface area (Å²) >= 11 is 0. The fourth-order valence-corrected chi connectivity index (χ4v) is 7.45. The minimum Gasteiger partial charge on any atom is -0.506 e. The van der Waals surface area contributed by atoms with Gasteiger partial charge >= 0.3 is 0 Å². The van der Waals surface area contributed by atoms with Gasteiger partial charge in [-0.3, -0.25) is 4.99 Å². The van der Waals surface area contributed by atoms with Crippen LogP contribution in [0.4, 0.5) is 5.69 Å². The third-order valence-electron chi connectivity index (χ3n) is 10.4. The van der Waals surface area contributed by atoms with Gasteiger partial charge < -0.3 is 14.7 Å². The van der Waals surface area contributed by atoms with Crippen LogP contribution in [0.2, 0.25) is 0 Å². The second-order valence-corrected chi connectivity index (χ2v) is 15.1. The first-order valence-corrected chi connectivity index (χ1v) is 17.8. The lowest BCUT2D eigenvalue weighted by molar-refractivity contribution is 0.458. The topological polar surface area (TPSA) is 58.0 Å². The Morgan fingerprint density at radius 3 is 1.98 bits per heavy atom. The standard InChI is InChI=1S/C46H47N3O2/c1-28-21-36(25-38(22-28)51-41-20-19-35-24-37(46(6,7)8)26-40(50)43(35)48-41)45-47-39(27-49(45)44-31(4)29(2)23-30(3)32(44)5)42(33-15-11-9-12-16-33)34-17-13-10-14-18-34/h9-26,39,42,50H,27H2,1-8H3/t39-/m1/s1. The van der Waals surface area contributed by atoms with Gasteiger partial charge in [0.25, 0.3) is 0 Å². The van der Waals surface area contributed by atoms with E-state index in [0.717, 1.165) is 34.5 Å². The van der Waals surface area contributed by atoms with Gasteiger partial charge in [-0.15, -0.1) is 0 Å². The third-order valence-corrected chi connectivity index (χ3v) is 10.4. The predicted octanol–water partition coefficient (Wildman–Crippen LogP) is 11.0. The molecular weight excluding hydrogens is 627 g/mol. The molecule has 0 saturated heterocycles. The average molecular weight is 674 g/mol. The van der Waals surface area contributed by atoms with Crippen molar-refractivity contribution < 1.29 is 9.84 Å². The Kier molecular flexibility index (Phi) is 8.93. The maximum atomic E-state index is 11.0. The molecule has 1 N–H and O–H groups in total. The fraction of sp³-hybridized carbons (Fsp3) is 0.261. The van der Waals surface area contributed by atoms with Gasteiger partial charge in [-0.25, -0.2) is 4.98 Å². The second-order valence-electron chi connectivity index (χ2n) is 15.1. The molecule has 1 aromatic heterocycles. The third kappa shape index (κ3) is 6.73. The molecule has 0 amide bonds. The Labute approximate surface area is 302 Å².